The van der Waals surface area contributed by atoms with Gasteiger partial charge < -0.3 is 10.1 Å². The van der Waals surface area contributed by atoms with Gasteiger partial charge in [0.2, 0.25) is 0 Å². The first kappa shape index (κ1) is 11.6. The van der Waals surface area contributed by atoms with Crippen molar-refractivity contribution in [2.75, 3.05) is 24.7 Å². The van der Waals surface area contributed by atoms with E-state index in [1.54, 1.807) is 0 Å². The van der Waals surface area contributed by atoms with Crippen LogP contribution >= 0.6 is 0 Å². The lowest BCUT2D eigenvalue weighted by Gasteiger charge is -2.27. The van der Waals surface area contributed by atoms with E-state index in [1.807, 2.05) is 0 Å². The van der Waals surface area contributed by atoms with E-state index in [1.165, 1.54) is 12.8 Å². The Kier molecular flexibility index (Phi) is 4.60. The minimum atomic E-state index is -0.536. The summed E-state index contributed by atoms with van der Waals surface area (Å²) in [5, 5.41) is 3.70. The quantitative estimate of drug-likeness (QED) is 0.772. The average Bonchev–Trinajstić information content (AvgIpc) is 2.50. The second-order valence-electron chi connectivity index (χ2n) is 4.53. The second kappa shape index (κ2) is 5.97. The van der Waals surface area contributed by atoms with Gasteiger partial charge in [0.05, 0.1) is 0 Å². The molecule has 0 amide bonds. The third-order valence-corrected chi connectivity index (χ3v) is 4.69. The van der Waals surface area contributed by atoms with E-state index in [4.69, 9.17) is 4.74 Å². The third-order valence-electron chi connectivity index (χ3n) is 3.31. The average molecular weight is 231 g/mol. The molecule has 3 nitrogen and oxygen atoms in total. The highest BCUT2D eigenvalue weighted by Gasteiger charge is 2.21. The Morgan fingerprint density at radius 3 is 2.53 bits per heavy atom. The molecule has 2 aliphatic heterocycles. The van der Waals surface area contributed by atoms with Crippen LogP contribution in [0.4, 0.5) is 0 Å². The molecule has 0 saturated carbocycles. The Hall–Kier alpha value is 0.0700. The van der Waals surface area contributed by atoms with Gasteiger partial charge >= 0.3 is 0 Å². The molecule has 0 radical (unpaired) electrons. The van der Waals surface area contributed by atoms with Crippen LogP contribution in [0.5, 0.6) is 0 Å². The van der Waals surface area contributed by atoms with Crippen LogP contribution in [0.2, 0.25) is 0 Å². The van der Waals surface area contributed by atoms with Crippen molar-refractivity contribution < 1.29 is 8.95 Å². The summed E-state index contributed by atoms with van der Waals surface area (Å²) >= 11 is 0. The fraction of sp³-hybridized carbons (Fsp3) is 1.00. The van der Waals surface area contributed by atoms with E-state index >= 15 is 0 Å². The standard InChI is InChI=1S/C11H21NO2S/c13-15-8-4-11(5-9-15)12-10-2-1-6-14-7-3-10/h10-12H,1-9H2. The lowest BCUT2D eigenvalue weighted by Crippen LogP contribution is -2.42. The Morgan fingerprint density at radius 2 is 1.73 bits per heavy atom. The van der Waals surface area contributed by atoms with Gasteiger partial charge in [-0.2, -0.15) is 0 Å². The van der Waals surface area contributed by atoms with Crippen molar-refractivity contribution >= 4 is 10.8 Å². The van der Waals surface area contributed by atoms with E-state index in [-0.39, 0.29) is 0 Å². The van der Waals surface area contributed by atoms with E-state index in [0.717, 1.165) is 44.0 Å². The minimum absolute atomic E-state index is 0.536. The first-order valence-electron chi connectivity index (χ1n) is 6.03. The fourth-order valence-corrected chi connectivity index (χ4v) is 3.66. The molecule has 0 aromatic heterocycles. The molecule has 1 atom stereocenters. The summed E-state index contributed by atoms with van der Waals surface area (Å²) in [6, 6.07) is 1.23. The number of nitrogens with one attached hydrogen (secondary N) is 1. The van der Waals surface area contributed by atoms with Crippen LogP contribution < -0.4 is 5.32 Å². The summed E-state index contributed by atoms with van der Waals surface area (Å²) in [4.78, 5) is 0. The Balaban J connectivity index is 1.73. The summed E-state index contributed by atoms with van der Waals surface area (Å²) < 4.78 is 16.7. The molecule has 1 N–H and O–H groups in total. The molecule has 88 valence electrons. The zero-order chi connectivity index (χ0) is 10.5. The lowest BCUT2D eigenvalue weighted by molar-refractivity contribution is 0.142. The van der Waals surface area contributed by atoms with Crippen molar-refractivity contribution in [1.82, 2.24) is 5.32 Å². The highest BCUT2D eigenvalue weighted by Crippen LogP contribution is 2.14. The minimum Gasteiger partial charge on any atom is -0.381 e. The molecule has 4 heteroatoms. The molecule has 1 unspecified atom stereocenters. The molecule has 2 heterocycles. The molecule has 0 aromatic rings. The van der Waals surface area contributed by atoms with Crippen molar-refractivity contribution in [3.8, 4) is 0 Å². The molecular weight excluding hydrogens is 210 g/mol. The number of ether oxygens (including phenoxy) is 1. The molecule has 0 spiro atoms. The highest BCUT2D eigenvalue weighted by molar-refractivity contribution is 7.85. The predicted octanol–water partition coefficient (Wildman–Crippen LogP) is 1.06. The molecule has 0 aliphatic carbocycles. The molecule has 0 aromatic carbocycles. The topological polar surface area (TPSA) is 38.3 Å². The monoisotopic (exact) mass is 231 g/mol. The van der Waals surface area contributed by atoms with Gasteiger partial charge in [0.15, 0.2) is 0 Å². The van der Waals surface area contributed by atoms with E-state index in [9.17, 15) is 4.21 Å². The van der Waals surface area contributed by atoms with Gasteiger partial charge in [-0.15, -0.1) is 0 Å². The first-order chi connectivity index (χ1) is 7.34. The van der Waals surface area contributed by atoms with Crippen LogP contribution in [-0.4, -0.2) is 41.0 Å². The van der Waals surface area contributed by atoms with Crippen LogP contribution in [-0.2, 0) is 15.5 Å². The summed E-state index contributed by atoms with van der Waals surface area (Å²) in [6.45, 7) is 1.82. The van der Waals surface area contributed by atoms with Crippen molar-refractivity contribution in [2.24, 2.45) is 0 Å². The normalized spacial score (nSPS) is 38.5. The second-order valence-corrected chi connectivity index (χ2v) is 6.23. The smallest absolute Gasteiger partial charge is 0.0480 e. The van der Waals surface area contributed by atoms with Crippen molar-refractivity contribution in [2.45, 2.75) is 44.2 Å². The molecule has 2 rings (SSSR count). The summed E-state index contributed by atoms with van der Waals surface area (Å²) in [7, 11) is -0.536. The molecular formula is C11H21NO2S. The molecule has 2 fully saturated rings. The zero-order valence-corrected chi connectivity index (χ0v) is 10.1. The maximum atomic E-state index is 11.2. The maximum Gasteiger partial charge on any atom is 0.0480 e. The SMILES string of the molecule is O=S1CCC(NC2CCCOCC2)CC1. The predicted molar refractivity (Wildman–Crippen MR) is 62.5 cm³/mol. The van der Waals surface area contributed by atoms with Crippen LogP contribution in [0.25, 0.3) is 0 Å². The van der Waals surface area contributed by atoms with Gasteiger partial charge in [0.1, 0.15) is 0 Å². The third kappa shape index (κ3) is 3.85. The Bertz CT molecular complexity index is 205. The highest BCUT2D eigenvalue weighted by atomic mass is 32.2. The molecule has 15 heavy (non-hydrogen) atoms. The van der Waals surface area contributed by atoms with Gasteiger partial charge in [-0.05, 0) is 32.1 Å². The van der Waals surface area contributed by atoms with Crippen molar-refractivity contribution in [1.29, 1.82) is 0 Å². The van der Waals surface area contributed by atoms with Crippen LogP contribution in [0.15, 0.2) is 0 Å². The van der Waals surface area contributed by atoms with Gasteiger partial charge in [-0.1, -0.05) is 0 Å². The lowest BCUT2D eigenvalue weighted by atomic mass is 10.1. The summed E-state index contributed by atoms with van der Waals surface area (Å²) in [5.41, 5.74) is 0. The fourth-order valence-electron chi connectivity index (χ4n) is 2.36. The summed E-state index contributed by atoms with van der Waals surface area (Å²) in [5.74, 6) is 1.78. The molecule has 0 bridgehead atoms. The van der Waals surface area contributed by atoms with Gasteiger partial charge in [-0.25, -0.2) is 0 Å². The van der Waals surface area contributed by atoms with Crippen LogP contribution in [0, 0.1) is 0 Å². The largest absolute Gasteiger partial charge is 0.381 e. The van der Waals surface area contributed by atoms with Crippen LogP contribution in [0.3, 0.4) is 0 Å². The number of hydrogen-bond acceptors (Lipinski definition) is 3. The maximum absolute atomic E-state index is 11.2. The molecule has 2 aliphatic rings. The first-order valence-corrected chi connectivity index (χ1v) is 7.52. The van der Waals surface area contributed by atoms with Gasteiger partial charge in [-0.3, -0.25) is 4.21 Å². The van der Waals surface area contributed by atoms with E-state index in [0.29, 0.717) is 12.1 Å². The van der Waals surface area contributed by atoms with Crippen molar-refractivity contribution in [3.63, 3.8) is 0 Å². The van der Waals surface area contributed by atoms with E-state index < -0.39 is 10.8 Å². The Morgan fingerprint density at radius 1 is 1.00 bits per heavy atom. The van der Waals surface area contributed by atoms with Crippen molar-refractivity contribution in [3.05, 3.63) is 0 Å². The van der Waals surface area contributed by atoms with Gasteiger partial charge in [0, 0.05) is 47.6 Å². The number of hydrogen-bond donors (Lipinski definition) is 1. The Labute approximate surface area is 94.4 Å². The van der Waals surface area contributed by atoms with E-state index in [2.05, 4.69) is 5.32 Å². The number of rotatable bonds is 2. The van der Waals surface area contributed by atoms with Crippen LogP contribution in [0.1, 0.15) is 32.1 Å². The molecule has 2 saturated heterocycles. The van der Waals surface area contributed by atoms with Gasteiger partial charge in [0.25, 0.3) is 0 Å². The summed E-state index contributed by atoms with van der Waals surface area (Å²) in [6.07, 6.45) is 5.73. The zero-order valence-electron chi connectivity index (χ0n) is 9.24.